The molecule has 3 unspecified atom stereocenters. The highest BCUT2D eigenvalue weighted by Crippen LogP contribution is 2.34. The van der Waals surface area contributed by atoms with Crippen LogP contribution in [0.5, 0.6) is 0 Å². The first-order valence-corrected chi connectivity index (χ1v) is 8.06. The zero-order valence-corrected chi connectivity index (χ0v) is 13.8. The average Bonchev–Trinajstić information content (AvgIpc) is 2.37. The highest BCUT2D eigenvalue weighted by molar-refractivity contribution is 9.10. The summed E-state index contributed by atoms with van der Waals surface area (Å²) in [4.78, 5) is 2.44. The summed E-state index contributed by atoms with van der Waals surface area (Å²) in [5, 5.41) is 0. The maximum Gasteiger partial charge on any atom is 0.0510 e. The van der Waals surface area contributed by atoms with Gasteiger partial charge in [-0.05, 0) is 59.3 Å². The molecule has 0 aliphatic heterocycles. The molecule has 1 aromatic carbocycles. The fourth-order valence-electron chi connectivity index (χ4n) is 3.04. The van der Waals surface area contributed by atoms with E-state index >= 15 is 0 Å². The predicted molar refractivity (Wildman–Crippen MR) is 86.6 cm³/mol. The van der Waals surface area contributed by atoms with Gasteiger partial charge in [0.05, 0.1) is 5.69 Å². The van der Waals surface area contributed by atoms with E-state index in [1.165, 1.54) is 36.9 Å². The predicted octanol–water partition coefficient (Wildman–Crippen LogP) is 4.48. The number of hydrogen-bond acceptors (Lipinski definition) is 2. The molecule has 2 nitrogen and oxygen atoms in total. The van der Waals surface area contributed by atoms with E-state index in [-0.39, 0.29) is 6.04 Å². The zero-order chi connectivity index (χ0) is 14.0. The van der Waals surface area contributed by atoms with Crippen LogP contribution in [0.15, 0.2) is 22.7 Å². The molecular weight excluding hydrogens is 300 g/mol. The molecule has 1 aliphatic carbocycles. The second-order valence-corrected chi connectivity index (χ2v) is 6.89. The normalized spacial score (nSPS) is 25.1. The molecule has 19 heavy (non-hydrogen) atoms. The monoisotopic (exact) mass is 324 g/mol. The Morgan fingerprint density at radius 1 is 1.37 bits per heavy atom. The Bertz CT molecular complexity index is 431. The van der Waals surface area contributed by atoms with Crippen LogP contribution in [-0.2, 0) is 0 Å². The van der Waals surface area contributed by atoms with Crippen molar-refractivity contribution in [3.8, 4) is 0 Å². The van der Waals surface area contributed by atoms with E-state index in [1.807, 2.05) is 6.92 Å². The van der Waals surface area contributed by atoms with E-state index in [1.54, 1.807) is 0 Å². The Morgan fingerprint density at radius 2 is 2.11 bits per heavy atom. The maximum absolute atomic E-state index is 5.94. The standard InChI is InChI=1S/C16H25BrN2/c1-11-5-4-6-14(9-11)19(3)16-8-7-13(12(2)18)10-15(16)17/h7-8,10-12,14H,4-6,9,18H2,1-3H3. The van der Waals surface area contributed by atoms with Gasteiger partial charge in [-0.15, -0.1) is 0 Å². The van der Waals surface area contributed by atoms with E-state index in [0.29, 0.717) is 6.04 Å². The van der Waals surface area contributed by atoms with Gasteiger partial charge in [0.1, 0.15) is 0 Å². The molecule has 0 amide bonds. The van der Waals surface area contributed by atoms with Gasteiger partial charge < -0.3 is 10.6 Å². The number of halogens is 1. The van der Waals surface area contributed by atoms with Crippen molar-refractivity contribution in [2.75, 3.05) is 11.9 Å². The molecule has 0 aromatic heterocycles. The Hall–Kier alpha value is -0.540. The Labute approximate surface area is 125 Å². The molecule has 0 radical (unpaired) electrons. The highest BCUT2D eigenvalue weighted by Gasteiger charge is 2.23. The molecule has 0 bridgehead atoms. The molecule has 0 spiro atoms. The summed E-state index contributed by atoms with van der Waals surface area (Å²) in [5.74, 6) is 0.850. The van der Waals surface area contributed by atoms with Crippen LogP contribution in [0.25, 0.3) is 0 Å². The lowest BCUT2D eigenvalue weighted by atomic mass is 9.86. The first kappa shape index (κ1) is 14.9. The topological polar surface area (TPSA) is 29.3 Å². The molecule has 0 heterocycles. The quantitative estimate of drug-likeness (QED) is 0.887. The maximum atomic E-state index is 5.94. The number of anilines is 1. The van der Waals surface area contributed by atoms with Crippen LogP contribution in [0.4, 0.5) is 5.69 Å². The molecule has 2 N–H and O–H groups in total. The van der Waals surface area contributed by atoms with Crippen LogP contribution in [0.3, 0.4) is 0 Å². The lowest BCUT2D eigenvalue weighted by molar-refractivity contribution is 0.336. The lowest BCUT2D eigenvalue weighted by Crippen LogP contribution is -2.35. The minimum Gasteiger partial charge on any atom is -0.371 e. The Balaban J connectivity index is 2.16. The smallest absolute Gasteiger partial charge is 0.0510 e. The summed E-state index contributed by atoms with van der Waals surface area (Å²) in [6.45, 7) is 4.39. The molecule has 1 aromatic rings. The third-order valence-corrected chi connectivity index (χ3v) is 4.97. The average molecular weight is 325 g/mol. The van der Waals surface area contributed by atoms with Gasteiger partial charge in [0.2, 0.25) is 0 Å². The Kier molecular flexibility index (Phi) is 4.91. The van der Waals surface area contributed by atoms with Crippen molar-refractivity contribution < 1.29 is 0 Å². The molecule has 1 saturated carbocycles. The minimum absolute atomic E-state index is 0.0883. The molecule has 106 valence electrons. The number of rotatable bonds is 3. The fraction of sp³-hybridized carbons (Fsp3) is 0.625. The molecule has 1 fully saturated rings. The van der Waals surface area contributed by atoms with E-state index in [0.717, 1.165) is 10.4 Å². The van der Waals surface area contributed by atoms with Crippen molar-refractivity contribution in [2.24, 2.45) is 11.7 Å². The van der Waals surface area contributed by atoms with Crippen molar-refractivity contribution in [3.63, 3.8) is 0 Å². The number of hydrogen-bond donors (Lipinski definition) is 1. The van der Waals surface area contributed by atoms with Gasteiger partial charge in [0, 0.05) is 23.6 Å². The minimum atomic E-state index is 0.0883. The summed E-state index contributed by atoms with van der Waals surface area (Å²) < 4.78 is 1.16. The van der Waals surface area contributed by atoms with Gasteiger partial charge >= 0.3 is 0 Å². The largest absolute Gasteiger partial charge is 0.371 e. The van der Waals surface area contributed by atoms with Gasteiger partial charge in [-0.2, -0.15) is 0 Å². The molecule has 2 rings (SSSR count). The van der Waals surface area contributed by atoms with E-state index < -0.39 is 0 Å². The van der Waals surface area contributed by atoms with Crippen molar-refractivity contribution in [2.45, 2.75) is 51.6 Å². The van der Waals surface area contributed by atoms with Gasteiger partial charge in [0.25, 0.3) is 0 Å². The van der Waals surface area contributed by atoms with E-state index in [2.05, 4.69) is 53.0 Å². The van der Waals surface area contributed by atoms with E-state index in [9.17, 15) is 0 Å². The lowest BCUT2D eigenvalue weighted by Gasteiger charge is -2.36. The van der Waals surface area contributed by atoms with Crippen molar-refractivity contribution in [1.29, 1.82) is 0 Å². The SMILES string of the molecule is CC1CCCC(N(C)c2ccc(C(C)N)cc2Br)C1. The first-order chi connectivity index (χ1) is 8.99. The van der Waals surface area contributed by atoms with Gasteiger partial charge in [-0.25, -0.2) is 0 Å². The van der Waals surface area contributed by atoms with Crippen LogP contribution >= 0.6 is 15.9 Å². The number of benzene rings is 1. The van der Waals surface area contributed by atoms with Crippen molar-refractivity contribution in [3.05, 3.63) is 28.2 Å². The van der Waals surface area contributed by atoms with Crippen LogP contribution in [-0.4, -0.2) is 13.1 Å². The number of nitrogens with two attached hydrogens (primary N) is 1. The summed E-state index contributed by atoms with van der Waals surface area (Å²) >= 11 is 3.70. The second-order valence-electron chi connectivity index (χ2n) is 6.04. The van der Waals surface area contributed by atoms with Gasteiger partial charge in [-0.3, -0.25) is 0 Å². The summed E-state index contributed by atoms with van der Waals surface area (Å²) in [7, 11) is 2.22. The van der Waals surface area contributed by atoms with Crippen LogP contribution in [0, 0.1) is 5.92 Å². The highest BCUT2D eigenvalue weighted by atomic mass is 79.9. The van der Waals surface area contributed by atoms with Crippen LogP contribution < -0.4 is 10.6 Å². The fourth-order valence-corrected chi connectivity index (χ4v) is 3.72. The van der Waals surface area contributed by atoms with Crippen LogP contribution in [0.2, 0.25) is 0 Å². The molecule has 3 heteroatoms. The van der Waals surface area contributed by atoms with Crippen molar-refractivity contribution in [1.82, 2.24) is 0 Å². The van der Waals surface area contributed by atoms with Crippen LogP contribution in [0.1, 0.15) is 51.1 Å². The molecular formula is C16H25BrN2. The van der Waals surface area contributed by atoms with E-state index in [4.69, 9.17) is 5.73 Å². The summed E-state index contributed by atoms with van der Waals surface area (Å²) in [6.07, 6.45) is 5.35. The molecule has 3 atom stereocenters. The zero-order valence-electron chi connectivity index (χ0n) is 12.2. The second kappa shape index (κ2) is 6.27. The molecule has 0 saturated heterocycles. The first-order valence-electron chi connectivity index (χ1n) is 7.27. The third kappa shape index (κ3) is 3.51. The molecule has 1 aliphatic rings. The Morgan fingerprint density at radius 3 is 2.68 bits per heavy atom. The number of nitrogens with zero attached hydrogens (tertiary/aromatic N) is 1. The summed E-state index contributed by atoms with van der Waals surface area (Å²) in [5.41, 5.74) is 8.40. The summed E-state index contributed by atoms with van der Waals surface area (Å²) in [6, 6.07) is 7.25. The van der Waals surface area contributed by atoms with Gasteiger partial charge in [0.15, 0.2) is 0 Å². The third-order valence-electron chi connectivity index (χ3n) is 4.33. The van der Waals surface area contributed by atoms with Crippen molar-refractivity contribution >= 4 is 21.6 Å². The van der Waals surface area contributed by atoms with Gasteiger partial charge in [-0.1, -0.05) is 25.8 Å².